The maximum Gasteiger partial charge on any atom is 0.128 e. The Morgan fingerprint density at radius 1 is 0.857 bits per heavy atom. The number of alkyl halides is 1. The predicted molar refractivity (Wildman–Crippen MR) is 86.6 cm³/mol. The molecule has 0 N–H and O–H groups in total. The van der Waals surface area contributed by atoms with Gasteiger partial charge in [0.25, 0.3) is 0 Å². The molecule has 3 rings (SSSR count). The molecule has 3 aromatic carbocycles. The van der Waals surface area contributed by atoms with Gasteiger partial charge in [0, 0.05) is 5.88 Å². The molecule has 0 bridgehead atoms. The van der Waals surface area contributed by atoms with Crippen LogP contribution in [0.5, 0.6) is 17.2 Å². The van der Waals surface area contributed by atoms with E-state index in [1.807, 2.05) is 48.5 Å². The molecule has 0 saturated carbocycles. The lowest BCUT2D eigenvalue weighted by molar-refractivity contribution is 0.413. The highest BCUT2D eigenvalue weighted by Crippen LogP contribution is 2.30. The minimum Gasteiger partial charge on any atom is -0.497 e. The van der Waals surface area contributed by atoms with E-state index < -0.39 is 0 Å². The van der Waals surface area contributed by atoms with Crippen molar-refractivity contribution in [2.75, 3.05) is 7.11 Å². The molecule has 3 heteroatoms. The van der Waals surface area contributed by atoms with Crippen LogP contribution in [-0.2, 0) is 5.88 Å². The molecule has 0 aliphatic rings. The van der Waals surface area contributed by atoms with Gasteiger partial charge in [0.1, 0.15) is 17.2 Å². The van der Waals surface area contributed by atoms with Crippen LogP contribution < -0.4 is 9.47 Å². The molecule has 0 atom stereocenters. The van der Waals surface area contributed by atoms with Crippen LogP contribution >= 0.6 is 11.6 Å². The zero-order chi connectivity index (χ0) is 14.7. The second kappa shape index (κ2) is 6.06. The summed E-state index contributed by atoms with van der Waals surface area (Å²) in [5, 5.41) is 2.29. The Bertz CT molecular complexity index is 751. The van der Waals surface area contributed by atoms with Crippen LogP contribution in [0.15, 0.2) is 60.7 Å². The molecule has 0 aromatic heterocycles. The molecule has 3 aromatic rings. The Labute approximate surface area is 128 Å². The van der Waals surface area contributed by atoms with Gasteiger partial charge in [0.05, 0.1) is 7.11 Å². The van der Waals surface area contributed by atoms with Crippen LogP contribution in [0.4, 0.5) is 0 Å². The van der Waals surface area contributed by atoms with Crippen molar-refractivity contribution in [1.82, 2.24) is 0 Å². The van der Waals surface area contributed by atoms with Gasteiger partial charge in [-0.05, 0) is 52.7 Å². The van der Waals surface area contributed by atoms with Crippen molar-refractivity contribution in [1.29, 1.82) is 0 Å². The number of halogens is 1. The van der Waals surface area contributed by atoms with Gasteiger partial charge in [-0.25, -0.2) is 0 Å². The van der Waals surface area contributed by atoms with Crippen molar-refractivity contribution in [3.05, 3.63) is 66.2 Å². The first-order chi connectivity index (χ1) is 10.3. The monoisotopic (exact) mass is 298 g/mol. The molecule has 2 nitrogen and oxygen atoms in total. The summed E-state index contributed by atoms with van der Waals surface area (Å²) in [6, 6.07) is 19.7. The molecule has 0 radical (unpaired) electrons. The number of hydrogen-bond acceptors (Lipinski definition) is 2. The Morgan fingerprint density at radius 2 is 1.57 bits per heavy atom. The predicted octanol–water partition coefficient (Wildman–Crippen LogP) is 5.38. The van der Waals surface area contributed by atoms with Crippen molar-refractivity contribution in [3.63, 3.8) is 0 Å². The summed E-state index contributed by atoms with van der Waals surface area (Å²) < 4.78 is 11.1. The molecule has 0 heterocycles. The van der Waals surface area contributed by atoms with Crippen molar-refractivity contribution in [2.45, 2.75) is 5.88 Å². The largest absolute Gasteiger partial charge is 0.497 e. The Balaban J connectivity index is 1.96. The van der Waals surface area contributed by atoms with E-state index in [-0.39, 0.29) is 0 Å². The molecular formula is C18H15ClO2. The highest BCUT2D eigenvalue weighted by atomic mass is 35.5. The third kappa shape index (κ3) is 2.96. The third-order valence-corrected chi connectivity index (χ3v) is 3.65. The van der Waals surface area contributed by atoms with E-state index in [2.05, 4.69) is 12.1 Å². The summed E-state index contributed by atoms with van der Waals surface area (Å²) in [5.41, 5.74) is 1.07. The van der Waals surface area contributed by atoms with Crippen molar-refractivity contribution < 1.29 is 9.47 Å². The van der Waals surface area contributed by atoms with E-state index in [0.29, 0.717) is 5.88 Å². The Kier molecular flexibility index (Phi) is 3.98. The van der Waals surface area contributed by atoms with Gasteiger partial charge in [0.2, 0.25) is 0 Å². The van der Waals surface area contributed by atoms with Gasteiger partial charge in [-0.3, -0.25) is 0 Å². The van der Waals surface area contributed by atoms with Crippen LogP contribution in [0.1, 0.15) is 5.56 Å². The Hall–Kier alpha value is -2.19. The highest BCUT2D eigenvalue weighted by Gasteiger charge is 2.05. The standard InChI is InChI=1S/C18H15ClO2/c1-20-15-6-8-16(9-7-15)21-17-10-13-4-2-3-5-18(13)14(11-17)12-19/h2-11H,12H2,1H3. The molecule has 0 saturated heterocycles. The van der Waals surface area contributed by atoms with Crippen LogP contribution in [-0.4, -0.2) is 7.11 Å². The topological polar surface area (TPSA) is 18.5 Å². The van der Waals surface area contributed by atoms with Gasteiger partial charge < -0.3 is 9.47 Å². The molecule has 21 heavy (non-hydrogen) atoms. The maximum absolute atomic E-state index is 6.05. The van der Waals surface area contributed by atoms with Gasteiger partial charge >= 0.3 is 0 Å². The zero-order valence-electron chi connectivity index (χ0n) is 11.7. The summed E-state index contributed by atoms with van der Waals surface area (Å²) in [4.78, 5) is 0. The summed E-state index contributed by atoms with van der Waals surface area (Å²) >= 11 is 6.05. The minimum absolute atomic E-state index is 0.459. The minimum atomic E-state index is 0.459. The lowest BCUT2D eigenvalue weighted by atomic mass is 10.1. The number of benzene rings is 3. The van der Waals surface area contributed by atoms with E-state index >= 15 is 0 Å². The van der Waals surface area contributed by atoms with Gasteiger partial charge in [0.15, 0.2) is 0 Å². The van der Waals surface area contributed by atoms with Gasteiger partial charge in [-0.2, -0.15) is 0 Å². The van der Waals surface area contributed by atoms with E-state index in [9.17, 15) is 0 Å². The number of fused-ring (bicyclic) bond motifs is 1. The fraction of sp³-hybridized carbons (Fsp3) is 0.111. The first-order valence-corrected chi connectivity index (χ1v) is 7.23. The zero-order valence-corrected chi connectivity index (χ0v) is 12.4. The summed E-state index contributed by atoms with van der Waals surface area (Å²) in [6.45, 7) is 0. The average molecular weight is 299 g/mol. The smallest absolute Gasteiger partial charge is 0.128 e. The second-order valence-electron chi connectivity index (χ2n) is 4.71. The summed E-state index contributed by atoms with van der Waals surface area (Å²) in [7, 11) is 1.64. The number of ether oxygens (including phenoxy) is 2. The van der Waals surface area contributed by atoms with Crippen molar-refractivity contribution in [3.8, 4) is 17.2 Å². The first kappa shape index (κ1) is 13.8. The molecule has 0 spiro atoms. The fourth-order valence-corrected chi connectivity index (χ4v) is 2.53. The van der Waals surface area contributed by atoms with E-state index in [0.717, 1.165) is 33.6 Å². The molecule has 0 unspecified atom stereocenters. The third-order valence-electron chi connectivity index (χ3n) is 3.36. The van der Waals surface area contributed by atoms with Crippen molar-refractivity contribution >= 4 is 22.4 Å². The number of rotatable bonds is 4. The second-order valence-corrected chi connectivity index (χ2v) is 4.98. The van der Waals surface area contributed by atoms with Gasteiger partial charge in [-0.1, -0.05) is 24.3 Å². The molecule has 0 aliphatic carbocycles. The normalized spacial score (nSPS) is 10.6. The summed E-state index contributed by atoms with van der Waals surface area (Å²) in [5.74, 6) is 2.82. The van der Waals surface area contributed by atoms with Crippen LogP contribution in [0.2, 0.25) is 0 Å². The van der Waals surface area contributed by atoms with E-state index in [4.69, 9.17) is 21.1 Å². The molecule has 106 valence electrons. The lowest BCUT2D eigenvalue weighted by Gasteiger charge is -2.10. The average Bonchev–Trinajstić information content (AvgIpc) is 2.55. The number of methoxy groups -OCH3 is 1. The van der Waals surface area contributed by atoms with Crippen LogP contribution in [0, 0.1) is 0 Å². The number of hydrogen-bond donors (Lipinski definition) is 0. The van der Waals surface area contributed by atoms with Crippen LogP contribution in [0.3, 0.4) is 0 Å². The van der Waals surface area contributed by atoms with Crippen molar-refractivity contribution in [2.24, 2.45) is 0 Å². The van der Waals surface area contributed by atoms with Gasteiger partial charge in [-0.15, -0.1) is 11.6 Å². The fourth-order valence-electron chi connectivity index (χ4n) is 2.31. The maximum atomic E-state index is 6.05. The quantitative estimate of drug-likeness (QED) is 0.602. The molecule has 0 fully saturated rings. The molecule has 0 aliphatic heterocycles. The highest BCUT2D eigenvalue weighted by molar-refractivity contribution is 6.18. The molecular weight excluding hydrogens is 284 g/mol. The lowest BCUT2D eigenvalue weighted by Crippen LogP contribution is -1.89. The molecule has 0 amide bonds. The Morgan fingerprint density at radius 3 is 2.29 bits per heavy atom. The van der Waals surface area contributed by atoms with E-state index in [1.165, 1.54) is 0 Å². The van der Waals surface area contributed by atoms with E-state index in [1.54, 1.807) is 7.11 Å². The summed E-state index contributed by atoms with van der Waals surface area (Å²) in [6.07, 6.45) is 0. The SMILES string of the molecule is COc1ccc(Oc2cc(CCl)c3ccccc3c2)cc1. The first-order valence-electron chi connectivity index (χ1n) is 6.69. The van der Waals surface area contributed by atoms with Crippen LogP contribution in [0.25, 0.3) is 10.8 Å².